The Morgan fingerprint density at radius 2 is 2.00 bits per heavy atom. The number of quaternary nitrogens is 1. The van der Waals surface area contributed by atoms with E-state index in [2.05, 4.69) is 28.5 Å². The molecule has 2 heterocycles. The molecule has 0 spiro atoms. The molecule has 0 saturated carbocycles. The van der Waals surface area contributed by atoms with Gasteiger partial charge in [-0.3, -0.25) is 0 Å². The Morgan fingerprint density at radius 3 is 2.75 bits per heavy atom. The fourth-order valence-corrected chi connectivity index (χ4v) is 4.17. The zero-order valence-electron chi connectivity index (χ0n) is 16.3. The van der Waals surface area contributed by atoms with E-state index in [4.69, 9.17) is 14.2 Å². The Balaban J connectivity index is 1.84. The lowest BCUT2D eigenvalue weighted by molar-refractivity contribution is -0.712. The summed E-state index contributed by atoms with van der Waals surface area (Å²) < 4.78 is 15.9. The zero-order valence-corrected chi connectivity index (χ0v) is 16.3. The summed E-state index contributed by atoms with van der Waals surface area (Å²) in [6.45, 7) is 0.462. The standard InChI is InChI=1S/C22H24N2O4/c1-26-12-14-10-13(8-9-19(14)27-2)20-21-16(11-18(24-20)22(25)28-3)15-6-4-5-7-17(15)23-21/h4-10,18,20,23-24H,11-12H2,1-3H3/p+1/t18-,20-/m1/s1. The van der Waals surface area contributed by atoms with Crippen LogP contribution in [0.2, 0.25) is 0 Å². The lowest BCUT2D eigenvalue weighted by atomic mass is 9.89. The van der Waals surface area contributed by atoms with E-state index in [0.29, 0.717) is 13.0 Å². The minimum absolute atomic E-state index is 0.0400. The van der Waals surface area contributed by atoms with E-state index in [1.165, 1.54) is 12.7 Å². The molecule has 1 aliphatic rings. The first-order valence-corrected chi connectivity index (χ1v) is 9.34. The molecular formula is C22H25N2O4+. The highest BCUT2D eigenvalue weighted by molar-refractivity contribution is 5.86. The summed E-state index contributed by atoms with van der Waals surface area (Å²) in [5, 5.41) is 3.25. The number of para-hydroxylation sites is 1. The molecule has 0 amide bonds. The summed E-state index contributed by atoms with van der Waals surface area (Å²) in [5.41, 5.74) is 5.47. The molecule has 4 rings (SSSR count). The van der Waals surface area contributed by atoms with Crippen molar-refractivity contribution in [3.63, 3.8) is 0 Å². The quantitative estimate of drug-likeness (QED) is 0.664. The maximum atomic E-state index is 12.4. The number of hydrogen-bond acceptors (Lipinski definition) is 4. The minimum Gasteiger partial charge on any atom is -0.496 e. The number of fused-ring (bicyclic) bond motifs is 3. The number of aromatic amines is 1. The molecule has 0 radical (unpaired) electrons. The smallest absolute Gasteiger partial charge is 0.364 e. The molecule has 0 fully saturated rings. The molecule has 1 aromatic heterocycles. The highest BCUT2D eigenvalue weighted by Crippen LogP contribution is 2.33. The van der Waals surface area contributed by atoms with Gasteiger partial charge in [-0.1, -0.05) is 18.2 Å². The van der Waals surface area contributed by atoms with Crippen LogP contribution in [-0.4, -0.2) is 38.3 Å². The van der Waals surface area contributed by atoms with Crippen molar-refractivity contribution >= 4 is 16.9 Å². The predicted molar refractivity (Wildman–Crippen MR) is 105 cm³/mol. The number of rotatable bonds is 5. The van der Waals surface area contributed by atoms with E-state index in [0.717, 1.165) is 33.5 Å². The van der Waals surface area contributed by atoms with Crippen LogP contribution in [0.25, 0.3) is 10.9 Å². The van der Waals surface area contributed by atoms with E-state index < -0.39 is 0 Å². The maximum Gasteiger partial charge on any atom is 0.364 e. The molecule has 0 aliphatic carbocycles. The van der Waals surface area contributed by atoms with Gasteiger partial charge < -0.3 is 24.5 Å². The van der Waals surface area contributed by atoms with E-state index in [9.17, 15) is 4.79 Å². The average molecular weight is 381 g/mol. The molecular weight excluding hydrogens is 356 g/mol. The number of ether oxygens (including phenoxy) is 3. The third kappa shape index (κ3) is 3.15. The number of benzene rings is 2. The number of esters is 1. The molecule has 146 valence electrons. The fourth-order valence-electron chi connectivity index (χ4n) is 4.17. The van der Waals surface area contributed by atoms with E-state index in [1.54, 1.807) is 14.2 Å². The summed E-state index contributed by atoms with van der Waals surface area (Å²) in [6, 6.07) is 14.0. The Hall–Kier alpha value is -2.83. The predicted octanol–water partition coefficient (Wildman–Crippen LogP) is 2.07. The molecule has 0 bridgehead atoms. The normalized spacial score (nSPS) is 18.7. The van der Waals surface area contributed by atoms with Gasteiger partial charge in [0.2, 0.25) is 0 Å². The van der Waals surface area contributed by atoms with Crippen LogP contribution in [0.15, 0.2) is 42.5 Å². The third-order valence-electron chi connectivity index (χ3n) is 5.47. The first kappa shape index (κ1) is 18.5. The van der Waals surface area contributed by atoms with Crippen LogP contribution in [0, 0.1) is 0 Å². The Kier molecular flexibility index (Phi) is 5.07. The van der Waals surface area contributed by atoms with Gasteiger partial charge in [-0.2, -0.15) is 0 Å². The molecule has 3 N–H and O–H groups in total. The van der Waals surface area contributed by atoms with E-state index in [1.807, 2.05) is 24.3 Å². The second-order valence-electron chi connectivity index (χ2n) is 7.07. The van der Waals surface area contributed by atoms with E-state index in [-0.39, 0.29) is 18.1 Å². The maximum absolute atomic E-state index is 12.4. The Morgan fingerprint density at radius 1 is 1.18 bits per heavy atom. The second kappa shape index (κ2) is 7.66. The van der Waals surface area contributed by atoms with Crippen LogP contribution in [0.5, 0.6) is 5.75 Å². The second-order valence-corrected chi connectivity index (χ2v) is 7.07. The van der Waals surface area contributed by atoms with Crippen LogP contribution in [0.4, 0.5) is 0 Å². The SMILES string of the molecule is COCc1cc([C@H]2[NH2+][C@@H](C(=O)OC)Cc3c2[nH]c2ccccc32)ccc1OC. The highest BCUT2D eigenvalue weighted by Gasteiger charge is 2.38. The van der Waals surface area contributed by atoms with Crippen molar-refractivity contribution in [3.05, 3.63) is 64.8 Å². The van der Waals surface area contributed by atoms with Gasteiger partial charge in [0.05, 0.1) is 26.5 Å². The van der Waals surface area contributed by atoms with Gasteiger partial charge in [0.25, 0.3) is 0 Å². The van der Waals surface area contributed by atoms with Crippen LogP contribution >= 0.6 is 0 Å². The minimum atomic E-state index is -0.283. The molecule has 1 aliphatic heterocycles. The van der Waals surface area contributed by atoms with Crippen molar-refractivity contribution in [2.45, 2.75) is 25.1 Å². The zero-order chi connectivity index (χ0) is 19.7. The van der Waals surface area contributed by atoms with Gasteiger partial charge in [-0.15, -0.1) is 0 Å². The number of H-pyrrole nitrogens is 1. The fraction of sp³-hybridized carbons (Fsp3) is 0.318. The lowest BCUT2D eigenvalue weighted by Crippen LogP contribution is -2.94. The molecule has 2 atom stereocenters. The molecule has 3 aromatic rings. The molecule has 0 unspecified atom stereocenters. The summed E-state index contributed by atoms with van der Waals surface area (Å²) in [5.74, 6) is 0.592. The number of nitrogens with one attached hydrogen (secondary N) is 1. The Bertz CT molecular complexity index is 1010. The number of aromatic nitrogens is 1. The third-order valence-corrected chi connectivity index (χ3v) is 5.47. The van der Waals surface area contributed by atoms with Crippen molar-refractivity contribution in [3.8, 4) is 5.75 Å². The molecule has 2 aromatic carbocycles. The van der Waals surface area contributed by atoms with Crippen molar-refractivity contribution in [2.75, 3.05) is 21.3 Å². The van der Waals surface area contributed by atoms with Gasteiger partial charge >= 0.3 is 5.97 Å². The summed E-state index contributed by atoms with van der Waals surface area (Å²) in [4.78, 5) is 16.0. The molecule has 6 heteroatoms. The van der Waals surface area contributed by atoms with Crippen molar-refractivity contribution in [2.24, 2.45) is 0 Å². The van der Waals surface area contributed by atoms with Crippen molar-refractivity contribution in [1.29, 1.82) is 0 Å². The molecule has 0 saturated heterocycles. The van der Waals surface area contributed by atoms with Crippen LogP contribution in [-0.2, 0) is 27.3 Å². The highest BCUT2D eigenvalue weighted by atomic mass is 16.5. The average Bonchev–Trinajstić information content (AvgIpc) is 3.11. The molecule has 6 nitrogen and oxygen atoms in total. The van der Waals surface area contributed by atoms with Crippen LogP contribution in [0.3, 0.4) is 0 Å². The largest absolute Gasteiger partial charge is 0.496 e. The number of carbonyl (C=O) groups is 1. The first-order chi connectivity index (χ1) is 13.7. The number of nitrogens with two attached hydrogens (primary N) is 1. The van der Waals surface area contributed by atoms with Crippen LogP contribution in [0.1, 0.15) is 28.4 Å². The molecule has 28 heavy (non-hydrogen) atoms. The Labute approximate surface area is 163 Å². The summed E-state index contributed by atoms with van der Waals surface area (Å²) >= 11 is 0. The first-order valence-electron chi connectivity index (χ1n) is 9.34. The van der Waals surface area contributed by atoms with Gasteiger partial charge in [0, 0.05) is 35.6 Å². The lowest BCUT2D eigenvalue weighted by Gasteiger charge is -2.27. The number of methoxy groups -OCH3 is 3. The summed E-state index contributed by atoms with van der Waals surface area (Å²) in [7, 11) is 4.77. The number of hydrogen-bond donors (Lipinski definition) is 2. The topological polar surface area (TPSA) is 77.2 Å². The van der Waals surface area contributed by atoms with E-state index >= 15 is 0 Å². The van der Waals surface area contributed by atoms with Gasteiger partial charge in [0.1, 0.15) is 5.75 Å². The monoisotopic (exact) mass is 381 g/mol. The van der Waals surface area contributed by atoms with Gasteiger partial charge in [-0.05, 0) is 29.8 Å². The van der Waals surface area contributed by atoms with Crippen LogP contribution < -0.4 is 10.1 Å². The van der Waals surface area contributed by atoms with Crippen molar-refractivity contribution in [1.82, 2.24) is 4.98 Å². The van der Waals surface area contributed by atoms with Gasteiger partial charge in [0.15, 0.2) is 12.1 Å². The van der Waals surface area contributed by atoms with Crippen molar-refractivity contribution < 1.29 is 24.3 Å². The van der Waals surface area contributed by atoms with Gasteiger partial charge in [-0.25, -0.2) is 4.79 Å². The number of carbonyl (C=O) groups excluding carboxylic acids is 1. The summed E-state index contributed by atoms with van der Waals surface area (Å²) in [6.07, 6.45) is 0.642.